The van der Waals surface area contributed by atoms with Crippen LogP contribution in [0.2, 0.25) is 0 Å². The summed E-state index contributed by atoms with van der Waals surface area (Å²) < 4.78 is 0. The molecule has 0 spiro atoms. The van der Waals surface area contributed by atoms with Crippen LogP contribution in [-0.4, -0.2) is 0 Å². The Morgan fingerprint density at radius 3 is 1.16 bits per heavy atom. The molecule has 0 saturated heterocycles. The molecular weight excluding hydrogens is 228 g/mol. The Kier molecular flexibility index (Phi) is 17.5. The van der Waals surface area contributed by atoms with Gasteiger partial charge in [0.2, 0.25) is 0 Å². The highest BCUT2D eigenvalue weighted by Crippen LogP contribution is 2.11. The Hall–Kier alpha value is -0.260. The zero-order valence-corrected chi connectivity index (χ0v) is 13.8. The molecule has 0 aromatic rings. The molecule has 0 nitrogen and oxygen atoms in total. The van der Waals surface area contributed by atoms with Crippen molar-refractivity contribution in [2.45, 2.75) is 110 Å². The second-order valence-electron chi connectivity index (χ2n) is 5.94. The number of hydrogen-bond donors (Lipinski definition) is 0. The van der Waals surface area contributed by atoms with Crippen LogP contribution in [0, 0.1) is 0 Å². The Morgan fingerprint density at radius 1 is 0.421 bits per heavy atom. The normalized spacial score (nSPS) is 11.5. The molecule has 0 rings (SSSR count). The zero-order chi connectivity index (χ0) is 14.0. The second kappa shape index (κ2) is 17.7. The largest absolute Gasteiger partial charge is 0.0885 e. The minimum Gasteiger partial charge on any atom is -0.0885 e. The maximum absolute atomic E-state index is 2.41. The van der Waals surface area contributed by atoms with E-state index in [1.807, 2.05) is 0 Å². The van der Waals surface area contributed by atoms with E-state index in [-0.39, 0.29) is 0 Å². The van der Waals surface area contributed by atoms with Crippen LogP contribution in [0.4, 0.5) is 0 Å². The average Bonchev–Trinajstić information content (AvgIpc) is 2.43. The summed E-state index contributed by atoms with van der Waals surface area (Å²) >= 11 is 0. The molecule has 0 aliphatic rings. The maximum atomic E-state index is 2.41. The molecule has 0 amide bonds. The summed E-state index contributed by atoms with van der Waals surface area (Å²) in [5.74, 6) is 0. The molecule has 0 atom stereocenters. The van der Waals surface area contributed by atoms with Crippen molar-refractivity contribution in [3.05, 3.63) is 12.2 Å². The molecular formula is C19H38. The molecule has 0 radical (unpaired) electrons. The van der Waals surface area contributed by atoms with E-state index in [4.69, 9.17) is 0 Å². The smallest absolute Gasteiger partial charge is 0.0351 e. The Morgan fingerprint density at radius 2 is 0.737 bits per heavy atom. The van der Waals surface area contributed by atoms with Crippen LogP contribution in [0.15, 0.2) is 12.2 Å². The molecule has 114 valence electrons. The first-order chi connectivity index (χ1) is 9.41. The summed E-state index contributed by atoms with van der Waals surface area (Å²) in [4.78, 5) is 0. The van der Waals surface area contributed by atoms with Gasteiger partial charge >= 0.3 is 0 Å². The maximum Gasteiger partial charge on any atom is -0.0351 e. The minimum absolute atomic E-state index is 1.30. The lowest BCUT2D eigenvalue weighted by Gasteiger charge is -2.00. The average molecular weight is 267 g/mol. The summed E-state index contributed by atoms with van der Waals surface area (Å²) in [5, 5.41) is 0. The van der Waals surface area contributed by atoms with Gasteiger partial charge in [-0.3, -0.25) is 0 Å². The molecule has 0 aromatic carbocycles. The van der Waals surface area contributed by atoms with Crippen LogP contribution >= 0.6 is 0 Å². The van der Waals surface area contributed by atoms with Crippen molar-refractivity contribution in [2.24, 2.45) is 0 Å². The lowest BCUT2D eigenvalue weighted by molar-refractivity contribution is 0.566. The molecule has 0 aliphatic carbocycles. The number of hydrogen-bond acceptors (Lipinski definition) is 0. The molecule has 0 fully saturated rings. The van der Waals surface area contributed by atoms with Gasteiger partial charge in [-0.15, -0.1) is 0 Å². The number of rotatable bonds is 15. The van der Waals surface area contributed by atoms with Crippen LogP contribution in [0.5, 0.6) is 0 Å². The van der Waals surface area contributed by atoms with Crippen molar-refractivity contribution < 1.29 is 0 Å². The van der Waals surface area contributed by atoms with Crippen molar-refractivity contribution in [2.75, 3.05) is 0 Å². The molecule has 0 aromatic heterocycles. The van der Waals surface area contributed by atoms with Crippen molar-refractivity contribution in [1.29, 1.82) is 0 Å². The van der Waals surface area contributed by atoms with E-state index in [1.165, 1.54) is 96.3 Å². The van der Waals surface area contributed by atoms with E-state index in [9.17, 15) is 0 Å². The van der Waals surface area contributed by atoms with Gasteiger partial charge in [-0.2, -0.15) is 0 Å². The number of allylic oxidation sites excluding steroid dienone is 2. The highest BCUT2D eigenvalue weighted by Gasteiger charge is 1.91. The van der Waals surface area contributed by atoms with Gasteiger partial charge in [-0.25, -0.2) is 0 Å². The van der Waals surface area contributed by atoms with Gasteiger partial charge in [0.1, 0.15) is 0 Å². The molecule has 0 heterocycles. The SMILES string of the molecule is CCCCCCC=CCCCCCCCCCCC. The predicted octanol–water partition coefficient (Wildman–Crippen LogP) is 7.43. The first-order valence-electron chi connectivity index (χ1n) is 9.06. The molecule has 0 saturated carbocycles. The summed E-state index contributed by atoms with van der Waals surface area (Å²) in [6.45, 7) is 4.57. The minimum atomic E-state index is 1.30. The van der Waals surface area contributed by atoms with Gasteiger partial charge in [0.15, 0.2) is 0 Å². The highest BCUT2D eigenvalue weighted by atomic mass is 14.0. The predicted molar refractivity (Wildman–Crippen MR) is 89.7 cm³/mol. The fourth-order valence-electron chi connectivity index (χ4n) is 2.50. The van der Waals surface area contributed by atoms with E-state index in [0.29, 0.717) is 0 Å². The third-order valence-electron chi connectivity index (χ3n) is 3.87. The van der Waals surface area contributed by atoms with Crippen molar-refractivity contribution in [3.63, 3.8) is 0 Å². The standard InChI is InChI=1S/C19H38/c1-3-5-7-9-11-13-15-17-19-18-16-14-12-10-8-6-4-2/h13,15H,3-12,14,16-19H2,1-2H3. The van der Waals surface area contributed by atoms with Crippen molar-refractivity contribution >= 4 is 0 Å². The first-order valence-corrected chi connectivity index (χ1v) is 9.06. The van der Waals surface area contributed by atoms with E-state index in [2.05, 4.69) is 26.0 Å². The molecule has 0 unspecified atom stereocenters. The zero-order valence-electron chi connectivity index (χ0n) is 13.8. The Labute approximate surface area is 123 Å². The van der Waals surface area contributed by atoms with Crippen LogP contribution < -0.4 is 0 Å². The highest BCUT2D eigenvalue weighted by molar-refractivity contribution is 4.81. The van der Waals surface area contributed by atoms with Gasteiger partial charge in [-0.1, -0.05) is 96.6 Å². The van der Waals surface area contributed by atoms with Crippen molar-refractivity contribution in [3.8, 4) is 0 Å². The van der Waals surface area contributed by atoms with Gasteiger partial charge in [0.05, 0.1) is 0 Å². The Balaban J connectivity index is 2.99. The third-order valence-corrected chi connectivity index (χ3v) is 3.87. The lowest BCUT2D eigenvalue weighted by atomic mass is 10.1. The van der Waals surface area contributed by atoms with Crippen LogP contribution in [0.3, 0.4) is 0 Å². The fourth-order valence-corrected chi connectivity index (χ4v) is 2.50. The molecule has 0 bridgehead atoms. The van der Waals surface area contributed by atoms with E-state index < -0.39 is 0 Å². The first kappa shape index (κ1) is 18.7. The topological polar surface area (TPSA) is 0 Å². The Bertz CT molecular complexity index is 169. The lowest BCUT2D eigenvalue weighted by Crippen LogP contribution is -1.80. The van der Waals surface area contributed by atoms with Gasteiger partial charge in [0, 0.05) is 0 Å². The van der Waals surface area contributed by atoms with Gasteiger partial charge in [-0.05, 0) is 25.7 Å². The van der Waals surface area contributed by atoms with E-state index in [0.717, 1.165) is 0 Å². The third kappa shape index (κ3) is 17.7. The molecule has 19 heavy (non-hydrogen) atoms. The quantitative estimate of drug-likeness (QED) is 0.213. The summed E-state index contributed by atoms with van der Waals surface area (Å²) in [6, 6.07) is 0. The monoisotopic (exact) mass is 266 g/mol. The molecule has 0 heteroatoms. The van der Waals surface area contributed by atoms with Crippen molar-refractivity contribution in [1.82, 2.24) is 0 Å². The number of unbranched alkanes of at least 4 members (excludes halogenated alkanes) is 13. The van der Waals surface area contributed by atoms with E-state index >= 15 is 0 Å². The fraction of sp³-hybridized carbons (Fsp3) is 0.895. The molecule has 0 N–H and O–H groups in total. The van der Waals surface area contributed by atoms with Crippen LogP contribution in [0.1, 0.15) is 110 Å². The summed E-state index contributed by atoms with van der Waals surface area (Å²) in [7, 11) is 0. The van der Waals surface area contributed by atoms with Gasteiger partial charge in [0.25, 0.3) is 0 Å². The molecule has 0 aliphatic heterocycles. The van der Waals surface area contributed by atoms with E-state index in [1.54, 1.807) is 0 Å². The van der Waals surface area contributed by atoms with Gasteiger partial charge < -0.3 is 0 Å². The summed E-state index contributed by atoms with van der Waals surface area (Å²) in [5.41, 5.74) is 0. The summed E-state index contributed by atoms with van der Waals surface area (Å²) in [6.07, 6.45) is 25.9. The second-order valence-corrected chi connectivity index (χ2v) is 5.94. The van der Waals surface area contributed by atoms with Crippen LogP contribution in [-0.2, 0) is 0 Å². The van der Waals surface area contributed by atoms with Crippen LogP contribution in [0.25, 0.3) is 0 Å².